The third-order valence-electron chi connectivity index (χ3n) is 2.56. The van der Waals surface area contributed by atoms with Crippen molar-refractivity contribution in [3.05, 3.63) is 29.8 Å². The topological polar surface area (TPSA) is 21.3 Å². The third kappa shape index (κ3) is 4.69. The van der Waals surface area contributed by atoms with Gasteiger partial charge in [0.15, 0.2) is 0 Å². The fourth-order valence-electron chi connectivity index (χ4n) is 1.77. The summed E-state index contributed by atoms with van der Waals surface area (Å²) >= 11 is 0. The van der Waals surface area contributed by atoms with E-state index in [9.17, 15) is 8.78 Å². The molecule has 96 valence electrons. The maximum absolute atomic E-state index is 12.0. The Bertz CT molecular complexity index is 325. The number of halogens is 2. The van der Waals surface area contributed by atoms with Crippen LogP contribution < -0.4 is 10.1 Å². The summed E-state index contributed by atoms with van der Waals surface area (Å²) in [5.41, 5.74) is 1.09. The SMILES string of the molecule is CNC(CC(C)C)c1ccc(OC(F)F)cc1. The van der Waals surface area contributed by atoms with Crippen LogP contribution in [-0.4, -0.2) is 13.7 Å². The molecule has 0 saturated carbocycles. The molecule has 0 aliphatic heterocycles. The summed E-state index contributed by atoms with van der Waals surface area (Å²) in [7, 11) is 1.90. The van der Waals surface area contributed by atoms with E-state index in [2.05, 4.69) is 23.9 Å². The Morgan fingerprint density at radius 1 is 1.18 bits per heavy atom. The first kappa shape index (κ1) is 13.9. The predicted octanol–water partition coefficient (Wildman–Crippen LogP) is 3.59. The number of benzene rings is 1. The molecule has 0 fully saturated rings. The van der Waals surface area contributed by atoms with Crippen molar-refractivity contribution in [2.45, 2.75) is 32.9 Å². The third-order valence-corrected chi connectivity index (χ3v) is 2.56. The minimum absolute atomic E-state index is 0.197. The molecule has 1 aromatic rings. The summed E-state index contributed by atoms with van der Waals surface area (Å²) in [6, 6.07) is 7.04. The molecular weight excluding hydrogens is 224 g/mol. The van der Waals surface area contributed by atoms with E-state index < -0.39 is 6.61 Å². The molecule has 0 aliphatic rings. The van der Waals surface area contributed by atoms with Gasteiger partial charge in [-0.3, -0.25) is 0 Å². The average molecular weight is 243 g/mol. The molecule has 0 bridgehead atoms. The van der Waals surface area contributed by atoms with E-state index >= 15 is 0 Å². The highest BCUT2D eigenvalue weighted by Gasteiger charge is 2.11. The monoisotopic (exact) mass is 243 g/mol. The van der Waals surface area contributed by atoms with Gasteiger partial charge in [0.25, 0.3) is 0 Å². The van der Waals surface area contributed by atoms with Crippen molar-refractivity contribution >= 4 is 0 Å². The molecule has 0 saturated heterocycles. The summed E-state index contributed by atoms with van der Waals surface area (Å²) in [5, 5.41) is 3.22. The Hall–Kier alpha value is -1.16. The van der Waals surface area contributed by atoms with Gasteiger partial charge in [-0.1, -0.05) is 26.0 Å². The average Bonchev–Trinajstić information content (AvgIpc) is 2.26. The lowest BCUT2D eigenvalue weighted by Crippen LogP contribution is -2.18. The highest BCUT2D eigenvalue weighted by molar-refractivity contribution is 5.29. The quantitative estimate of drug-likeness (QED) is 0.824. The van der Waals surface area contributed by atoms with Gasteiger partial charge in [-0.2, -0.15) is 8.78 Å². The second-order valence-corrected chi connectivity index (χ2v) is 4.42. The van der Waals surface area contributed by atoms with Gasteiger partial charge in [-0.25, -0.2) is 0 Å². The lowest BCUT2D eigenvalue weighted by Gasteiger charge is -2.19. The molecule has 0 amide bonds. The van der Waals surface area contributed by atoms with Crippen LogP contribution in [0.4, 0.5) is 8.78 Å². The normalized spacial score (nSPS) is 13.1. The van der Waals surface area contributed by atoms with Crippen LogP contribution in [0.5, 0.6) is 5.75 Å². The van der Waals surface area contributed by atoms with Crippen molar-refractivity contribution in [2.24, 2.45) is 5.92 Å². The van der Waals surface area contributed by atoms with Gasteiger partial charge in [0, 0.05) is 6.04 Å². The van der Waals surface area contributed by atoms with Crippen molar-refractivity contribution in [1.29, 1.82) is 0 Å². The zero-order chi connectivity index (χ0) is 12.8. The van der Waals surface area contributed by atoms with E-state index in [-0.39, 0.29) is 11.8 Å². The molecule has 1 unspecified atom stereocenters. The van der Waals surface area contributed by atoms with Crippen LogP contribution in [0.1, 0.15) is 31.9 Å². The lowest BCUT2D eigenvalue weighted by molar-refractivity contribution is -0.0498. The number of rotatable bonds is 6. The molecule has 1 N–H and O–H groups in total. The Labute approximate surface area is 101 Å². The van der Waals surface area contributed by atoms with Crippen LogP contribution in [0.3, 0.4) is 0 Å². The first-order valence-corrected chi connectivity index (χ1v) is 5.75. The van der Waals surface area contributed by atoms with E-state index in [1.807, 2.05) is 19.2 Å². The predicted molar refractivity (Wildman–Crippen MR) is 64.3 cm³/mol. The van der Waals surface area contributed by atoms with Crippen LogP contribution in [0.15, 0.2) is 24.3 Å². The molecule has 0 spiro atoms. The first-order valence-electron chi connectivity index (χ1n) is 5.75. The van der Waals surface area contributed by atoms with Crippen LogP contribution in [-0.2, 0) is 0 Å². The Morgan fingerprint density at radius 3 is 2.18 bits per heavy atom. The number of ether oxygens (including phenoxy) is 1. The highest BCUT2D eigenvalue weighted by atomic mass is 19.3. The van der Waals surface area contributed by atoms with Crippen molar-refractivity contribution in [2.75, 3.05) is 7.05 Å². The molecule has 1 rings (SSSR count). The van der Waals surface area contributed by atoms with Crippen molar-refractivity contribution in [3.63, 3.8) is 0 Å². The summed E-state index contributed by atoms with van der Waals surface area (Å²) in [6.07, 6.45) is 1.01. The molecule has 0 heterocycles. The van der Waals surface area contributed by atoms with E-state index in [0.717, 1.165) is 12.0 Å². The standard InChI is InChI=1S/C13H19F2NO/c1-9(2)8-12(16-3)10-4-6-11(7-5-10)17-13(14)15/h4-7,9,12-13,16H,8H2,1-3H3. The fourth-order valence-corrected chi connectivity index (χ4v) is 1.77. The van der Waals surface area contributed by atoms with Crippen LogP contribution in [0, 0.1) is 5.92 Å². The Kier molecular flexibility index (Phi) is 5.35. The van der Waals surface area contributed by atoms with Gasteiger partial charge in [0.2, 0.25) is 0 Å². The first-order chi connectivity index (χ1) is 8.02. The number of hydrogen-bond acceptors (Lipinski definition) is 2. The Morgan fingerprint density at radius 2 is 1.76 bits per heavy atom. The summed E-state index contributed by atoms with van der Waals surface area (Å²) in [4.78, 5) is 0. The van der Waals surface area contributed by atoms with E-state index in [1.54, 1.807) is 12.1 Å². The smallest absolute Gasteiger partial charge is 0.387 e. The van der Waals surface area contributed by atoms with Crippen LogP contribution in [0.2, 0.25) is 0 Å². The van der Waals surface area contributed by atoms with Crippen molar-refractivity contribution in [3.8, 4) is 5.75 Å². The largest absolute Gasteiger partial charge is 0.435 e. The lowest BCUT2D eigenvalue weighted by atomic mass is 9.97. The van der Waals surface area contributed by atoms with E-state index in [4.69, 9.17) is 0 Å². The van der Waals surface area contributed by atoms with Crippen molar-refractivity contribution < 1.29 is 13.5 Å². The van der Waals surface area contributed by atoms with Gasteiger partial charge < -0.3 is 10.1 Å². The molecule has 17 heavy (non-hydrogen) atoms. The van der Waals surface area contributed by atoms with Crippen LogP contribution >= 0.6 is 0 Å². The van der Waals surface area contributed by atoms with Gasteiger partial charge in [-0.05, 0) is 37.1 Å². The molecule has 1 atom stereocenters. The minimum Gasteiger partial charge on any atom is -0.435 e. The minimum atomic E-state index is -2.77. The second kappa shape index (κ2) is 6.55. The summed E-state index contributed by atoms with van der Waals surface area (Å²) in [5.74, 6) is 0.771. The van der Waals surface area contributed by atoms with Gasteiger partial charge in [0.05, 0.1) is 0 Å². The molecule has 2 nitrogen and oxygen atoms in total. The van der Waals surface area contributed by atoms with Gasteiger partial charge in [0.1, 0.15) is 5.75 Å². The van der Waals surface area contributed by atoms with Crippen LogP contribution in [0.25, 0.3) is 0 Å². The number of hydrogen-bond donors (Lipinski definition) is 1. The molecule has 4 heteroatoms. The maximum atomic E-state index is 12.0. The molecule has 0 aliphatic carbocycles. The van der Waals surface area contributed by atoms with Crippen molar-refractivity contribution in [1.82, 2.24) is 5.32 Å². The molecule has 0 aromatic heterocycles. The molecule has 0 radical (unpaired) electrons. The van der Waals surface area contributed by atoms with E-state index in [1.165, 1.54) is 0 Å². The second-order valence-electron chi connectivity index (χ2n) is 4.42. The fraction of sp³-hybridized carbons (Fsp3) is 0.538. The number of alkyl halides is 2. The highest BCUT2D eigenvalue weighted by Crippen LogP contribution is 2.23. The maximum Gasteiger partial charge on any atom is 0.387 e. The molecular formula is C13H19F2NO. The zero-order valence-electron chi connectivity index (χ0n) is 10.4. The zero-order valence-corrected chi connectivity index (χ0v) is 10.4. The molecule has 1 aromatic carbocycles. The van der Waals surface area contributed by atoms with E-state index in [0.29, 0.717) is 5.92 Å². The number of nitrogens with one attached hydrogen (secondary N) is 1. The summed E-state index contributed by atoms with van der Waals surface area (Å²) in [6.45, 7) is 1.54. The van der Waals surface area contributed by atoms with Gasteiger partial charge >= 0.3 is 6.61 Å². The van der Waals surface area contributed by atoms with Gasteiger partial charge in [-0.15, -0.1) is 0 Å². The Balaban J connectivity index is 2.70. The summed E-state index contributed by atoms with van der Waals surface area (Å²) < 4.78 is 28.3.